The number of hydrogen-bond donors (Lipinski definition) is 1. The Balaban J connectivity index is 2.40. The summed E-state index contributed by atoms with van der Waals surface area (Å²) in [6.45, 7) is 1.58. The van der Waals surface area contributed by atoms with E-state index in [2.05, 4.69) is 9.97 Å². The third kappa shape index (κ3) is 2.32. The van der Waals surface area contributed by atoms with Gasteiger partial charge in [0.25, 0.3) is 0 Å². The van der Waals surface area contributed by atoms with Gasteiger partial charge in [-0.25, -0.2) is 18.4 Å². The summed E-state index contributed by atoms with van der Waals surface area (Å²) in [5, 5.41) is -0.700. The molecule has 88 valence electrons. The molecule has 1 heterocycles. The van der Waals surface area contributed by atoms with Crippen LogP contribution in [0.1, 0.15) is 42.5 Å². The van der Waals surface area contributed by atoms with E-state index in [1.54, 1.807) is 13.0 Å². The largest absolute Gasteiger partial charge is 0.384 e. The van der Waals surface area contributed by atoms with Crippen LogP contribution in [-0.2, 0) is 9.84 Å². The van der Waals surface area contributed by atoms with Gasteiger partial charge < -0.3 is 5.73 Å². The van der Waals surface area contributed by atoms with Crippen LogP contribution in [0.2, 0.25) is 0 Å². The molecule has 1 fully saturated rings. The number of rotatable bonds is 3. The van der Waals surface area contributed by atoms with Gasteiger partial charge in [-0.2, -0.15) is 0 Å². The van der Waals surface area contributed by atoms with Gasteiger partial charge in [-0.05, 0) is 19.8 Å². The number of anilines is 1. The lowest BCUT2D eigenvalue weighted by Crippen LogP contribution is -2.13. The summed E-state index contributed by atoms with van der Waals surface area (Å²) < 4.78 is 22.8. The minimum Gasteiger partial charge on any atom is -0.384 e. The number of nitrogen functional groups attached to an aromatic ring is 1. The molecule has 1 aliphatic carbocycles. The van der Waals surface area contributed by atoms with Crippen LogP contribution in [0.3, 0.4) is 0 Å². The molecule has 1 saturated carbocycles. The second-order valence-electron chi connectivity index (χ2n) is 4.32. The Hall–Kier alpha value is -1.17. The van der Waals surface area contributed by atoms with Crippen LogP contribution in [0.25, 0.3) is 0 Å². The van der Waals surface area contributed by atoms with Gasteiger partial charge in [-0.3, -0.25) is 0 Å². The summed E-state index contributed by atoms with van der Waals surface area (Å²) in [5.74, 6) is 1.10. The Kier molecular flexibility index (Phi) is 2.61. The zero-order chi connectivity index (χ0) is 11.9. The van der Waals surface area contributed by atoms with Gasteiger partial charge in [-0.1, -0.05) is 0 Å². The lowest BCUT2D eigenvalue weighted by Gasteiger charge is -2.10. The van der Waals surface area contributed by atoms with E-state index in [1.807, 2.05) is 0 Å². The summed E-state index contributed by atoms with van der Waals surface area (Å²) >= 11 is 0. The first kappa shape index (κ1) is 11.3. The van der Waals surface area contributed by atoms with Gasteiger partial charge in [0.05, 0.1) is 0 Å². The van der Waals surface area contributed by atoms with Crippen molar-refractivity contribution >= 4 is 15.7 Å². The van der Waals surface area contributed by atoms with Crippen LogP contribution in [0.4, 0.5) is 5.82 Å². The van der Waals surface area contributed by atoms with Crippen LogP contribution in [0, 0.1) is 0 Å². The highest BCUT2D eigenvalue weighted by Crippen LogP contribution is 2.39. The SMILES string of the molecule is CC(c1nc(N)cc(C2CC2)n1)S(C)(=O)=O. The molecule has 2 N–H and O–H groups in total. The zero-order valence-electron chi connectivity index (χ0n) is 9.34. The normalized spacial score (nSPS) is 18.4. The van der Waals surface area contributed by atoms with Crippen molar-refractivity contribution < 1.29 is 8.42 Å². The van der Waals surface area contributed by atoms with E-state index < -0.39 is 15.1 Å². The zero-order valence-corrected chi connectivity index (χ0v) is 10.2. The molecular weight excluding hydrogens is 226 g/mol. The van der Waals surface area contributed by atoms with E-state index in [9.17, 15) is 8.42 Å². The number of sulfone groups is 1. The van der Waals surface area contributed by atoms with Crippen molar-refractivity contribution in [3.05, 3.63) is 17.6 Å². The number of aromatic nitrogens is 2. The van der Waals surface area contributed by atoms with Crippen molar-refractivity contribution in [2.24, 2.45) is 0 Å². The van der Waals surface area contributed by atoms with Crippen molar-refractivity contribution in [2.75, 3.05) is 12.0 Å². The molecule has 0 saturated heterocycles. The Morgan fingerprint density at radius 1 is 1.44 bits per heavy atom. The van der Waals surface area contributed by atoms with Gasteiger partial charge in [0, 0.05) is 23.9 Å². The van der Waals surface area contributed by atoms with E-state index in [4.69, 9.17) is 5.73 Å². The molecule has 1 unspecified atom stereocenters. The molecule has 0 spiro atoms. The van der Waals surface area contributed by atoms with E-state index in [-0.39, 0.29) is 0 Å². The first-order chi connectivity index (χ1) is 7.38. The van der Waals surface area contributed by atoms with Gasteiger partial charge in [0.15, 0.2) is 9.84 Å². The molecule has 0 aromatic carbocycles. The first-order valence-corrected chi connectivity index (χ1v) is 7.16. The van der Waals surface area contributed by atoms with Crippen molar-refractivity contribution in [2.45, 2.75) is 30.9 Å². The quantitative estimate of drug-likeness (QED) is 0.854. The van der Waals surface area contributed by atoms with Gasteiger partial charge in [0.1, 0.15) is 16.9 Å². The molecule has 1 aliphatic rings. The molecule has 5 nitrogen and oxygen atoms in total. The predicted octanol–water partition coefficient (Wildman–Crippen LogP) is 1.04. The highest BCUT2D eigenvalue weighted by Gasteiger charge is 2.28. The molecule has 1 aromatic rings. The maximum absolute atomic E-state index is 11.4. The fourth-order valence-electron chi connectivity index (χ4n) is 1.47. The molecular formula is C10H15N3O2S. The van der Waals surface area contributed by atoms with Gasteiger partial charge in [0.2, 0.25) is 0 Å². The average Bonchev–Trinajstić information content (AvgIpc) is 2.97. The third-order valence-electron chi connectivity index (χ3n) is 2.78. The van der Waals surface area contributed by atoms with Crippen LogP contribution >= 0.6 is 0 Å². The van der Waals surface area contributed by atoms with E-state index in [1.165, 1.54) is 6.26 Å². The smallest absolute Gasteiger partial charge is 0.157 e. The van der Waals surface area contributed by atoms with E-state index in [0.717, 1.165) is 18.5 Å². The molecule has 0 aliphatic heterocycles. The lowest BCUT2D eigenvalue weighted by atomic mass is 10.2. The topological polar surface area (TPSA) is 85.9 Å². The average molecular weight is 241 g/mol. The molecule has 6 heteroatoms. The van der Waals surface area contributed by atoms with Crippen molar-refractivity contribution in [1.82, 2.24) is 9.97 Å². The lowest BCUT2D eigenvalue weighted by molar-refractivity contribution is 0.589. The molecule has 16 heavy (non-hydrogen) atoms. The maximum atomic E-state index is 11.4. The fourth-order valence-corrected chi connectivity index (χ4v) is 1.96. The molecule has 0 amide bonds. The van der Waals surface area contributed by atoms with E-state index >= 15 is 0 Å². The third-order valence-corrected chi connectivity index (χ3v) is 4.28. The van der Waals surface area contributed by atoms with Crippen LogP contribution < -0.4 is 5.73 Å². The second-order valence-corrected chi connectivity index (χ2v) is 6.69. The Labute approximate surface area is 95.0 Å². The van der Waals surface area contributed by atoms with E-state index in [0.29, 0.717) is 17.6 Å². The maximum Gasteiger partial charge on any atom is 0.157 e. The van der Waals surface area contributed by atoms with Crippen molar-refractivity contribution in [3.63, 3.8) is 0 Å². The van der Waals surface area contributed by atoms with Gasteiger partial charge >= 0.3 is 0 Å². The Bertz CT molecular complexity index is 509. The van der Waals surface area contributed by atoms with Crippen LogP contribution in [0.5, 0.6) is 0 Å². The minimum atomic E-state index is -3.18. The number of nitrogens with two attached hydrogens (primary N) is 1. The van der Waals surface area contributed by atoms with Crippen molar-refractivity contribution in [1.29, 1.82) is 0 Å². The summed E-state index contributed by atoms with van der Waals surface area (Å²) in [5.41, 5.74) is 6.53. The highest BCUT2D eigenvalue weighted by molar-refractivity contribution is 7.90. The minimum absolute atomic E-state index is 0.310. The van der Waals surface area contributed by atoms with Gasteiger partial charge in [-0.15, -0.1) is 0 Å². The second kappa shape index (κ2) is 3.69. The highest BCUT2D eigenvalue weighted by atomic mass is 32.2. The molecule has 1 atom stereocenters. The monoisotopic (exact) mass is 241 g/mol. The van der Waals surface area contributed by atoms with Crippen LogP contribution in [0.15, 0.2) is 6.07 Å². The summed E-state index contributed by atoms with van der Waals surface area (Å²) in [4.78, 5) is 8.29. The number of hydrogen-bond acceptors (Lipinski definition) is 5. The summed E-state index contributed by atoms with van der Waals surface area (Å²) in [6, 6.07) is 1.73. The standard InChI is InChI=1S/C10H15N3O2S/c1-6(16(2,14)15)10-12-8(7-3-4-7)5-9(11)13-10/h5-7H,3-4H2,1-2H3,(H2,11,12,13). The first-order valence-electron chi connectivity index (χ1n) is 5.21. The summed E-state index contributed by atoms with van der Waals surface area (Å²) in [7, 11) is -3.18. The van der Waals surface area contributed by atoms with Crippen molar-refractivity contribution in [3.8, 4) is 0 Å². The Morgan fingerprint density at radius 2 is 2.06 bits per heavy atom. The number of nitrogens with zero attached hydrogens (tertiary/aromatic N) is 2. The molecule has 0 radical (unpaired) electrons. The Morgan fingerprint density at radius 3 is 2.56 bits per heavy atom. The van der Waals surface area contributed by atoms with Crippen LogP contribution in [-0.4, -0.2) is 24.6 Å². The summed E-state index contributed by atoms with van der Waals surface area (Å²) in [6.07, 6.45) is 3.38. The predicted molar refractivity (Wildman–Crippen MR) is 61.7 cm³/mol. The molecule has 2 rings (SSSR count). The fraction of sp³-hybridized carbons (Fsp3) is 0.600. The molecule has 0 bridgehead atoms. The molecule has 1 aromatic heterocycles.